The summed E-state index contributed by atoms with van der Waals surface area (Å²) in [7, 11) is 0. The van der Waals surface area contributed by atoms with E-state index in [2.05, 4.69) is 15.3 Å². The number of anilines is 1. The molecule has 1 aromatic carbocycles. The second-order valence-corrected chi connectivity index (χ2v) is 5.90. The van der Waals surface area contributed by atoms with Gasteiger partial charge in [0.2, 0.25) is 5.71 Å². The topological polar surface area (TPSA) is 71.2 Å². The summed E-state index contributed by atoms with van der Waals surface area (Å²) < 4.78 is 5.90. The lowest BCUT2D eigenvalue weighted by molar-refractivity contribution is 0.276. The first-order valence-corrected chi connectivity index (χ1v) is 8.04. The van der Waals surface area contributed by atoms with E-state index in [0.717, 1.165) is 48.2 Å². The van der Waals surface area contributed by atoms with Crippen molar-refractivity contribution in [3.63, 3.8) is 0 Å². The molecule has 4 rings (SSSR count). The fourth-order valence-electron chi connectivity index (χ4n) is 3.28. The van der Waals surface area contributed by atoms with E-state index in [-0.39, 0.29) is 12.6 Å². The van der Waals surface area contributed by atoms with Crippen LogP contribution in [0.2, 0.25) is 0 Å². The molecule has 1 atom stereocenters. The Labute approximate surface area is 134 Å². The molecule has 1 aliphatic rings. The Morgan fingerprint density at radius 1 is 1.13 bits per heavy atom. The number of rotatable bonds is 4. The molecule has 0 fully saturated rings. The van der Waals surface area contributed by atoms with Crippen LogP contribution in [0.25, 0.3) is 11.1 Å². The highest BCUT2D eigenvalue weighted by Crippen LogP contribution is 2.35. The number of aromatic nitrogens is 2. The van der Waals surface area contributed by atoms with Gasteiger partial charge < -0.3 is 14.8 Å². The Morgan fingerprint density at radius 2 is 1.96 bits per heavy atom. The molecule has 0 bridgehead atoms. The maximum atomic E-state index is 9.77. The van der Waals surface area contributed by atoms with Crippen LogP contribution in [-0.2, 0) is 12.8 Å². The van der Waals surface area contributed by atoms with Gasteiger partial charge in [-0.25, -0.2) is 9.97 Å². The van der Waals surface area contributed by atoms with E-state index in [1.807, 2.05) is 30.3 Å². The Balaban J connectivity index is 1.75. The molecule has 0 saturated carbocycles. The zero-order valence-corrected chi connectivity index (χ0v) is 12.8. The first kappa shape index (κ1) is 14.2. The average molecular weight is 309 g/mol. The van der Waals surface area contributed by atoms with E-state index in [1.54, 1.807) is 0 Å². The molecular weight excluding hydrogens is 290 g/mol. The number of benzene rings is 1. The van der Waals surface area contributed by atoms with Crippen molar-refractivity contribution in [2.75, 3.05) is 11.9 Å². The molecule has 5 heteroatoms. The average Bonchev–Trinajstić information content (AvgIpc) is 2.99. The molecule has 2 aromatic heterocycles. The van der Waals surface area contributed by atoms with Crippen LogP contribution in [0, 0.1) is 0 Å². The quantitative estimate of drug-likeness (QED) is 0.774. The monoisotopic (exact) mass is 309 g/mol. The number of aryl methyl sites for hydroxylation is 2. The van der Waals surface area contributed by atoms with E-state index in [4.69, 9.17) is 4.42 Å². The number of fused-ring (bicyclic) bond motifs is 3. The van der Waals surface area contributed by atoms with Crippen LogP contribution < -0.4 is 5.32 Å². The lowest BCUT2D eigenvalue weighted by Gasteiger charge is -2.18. The third-order valence-corrected chi connectivity index (χ3v) is 4.45. The SMILES string of the molecule is OCC(Nc1ncnc2oc3c(c12)CCCC3)c1ccccc1. The molecule has 2 heterocycles. The summed E-state index contributed by atoms with van der Waals surface area (Å²) in [4.78, 5) is 8.68. The van der Waals surface area contributed by atoms with Gasteiger partial charge in [0.25, 0.3) is 0 Å². The van der Waals surface area contributed by atoms with Crippen LogP contribution in [-0.4, -0.2) is 21.7 Å². The van der Waals surface area contributed by atoms with E-state index in [9.17, 15) is 5.11 Å². The molecule has 0 radical (unpaired) electrons. The number of hydrogen-bond acceptors (Lipinski definition) is 5. The molecule has 1 unspecified atom stereocenters. The number of aliphatic hydroxyl groups is 1. The summed E-state index contributed by atoms with van der Waals surface area (Å²) in [5, 5.41) is 14.1. The van der Waals surface area contributed by atoms with E-state index in [1.165, 1.54) is 11.9 Å². The minimum Gasteiger partial charge on any atom is -0.442 e. The van der Waals surface area contributed by atoms with Gasteiger partial charge in [-0.15, -0.1) is 0 Å². The molecular formula is C18H19N3O2. The predicted octanol–water partition coefficient (Wildman–Crippen LogP) is 3.25. The molecule has 5 nitrogen and oxygen atoms in total. The summed E-state index contributed by atoms with van der Waals surface area (Å²) in [5.41, 5.74) is 2.89. The lowest BCUT2D eigenvalue weighted by Crippen LogP contribution is -2.16. The highest BCUT2D eigenvalue weighted by molar-refractivity contribution is 5.90. The molecule has 1 aliphatic carbocycles. The molecule has 0 spiro atoms. The second kappa shape index (κ2) is 6.01. The van der Waals surface area contributed by atoms with Crippen molar-refractivity contribution in [2.45, 2.75) is 31.7 Å². The summed E-state index contributed by atoms with van der Waals surface area (Å²) in [6, 6.07) is 9.69. The molecule has 0 saturated heterocycles. The third-order valence-electron chi connectivity index (χ3n) is 4.45. The number of hydrogen-bond donors (Lipinski definition) is 2. The molecule has 0 amide bonds. The Morgan fingerprint density at radius 3 is 2.78 bits per heavy atom. The van der Waals surface area contributed by atoms with Crippen LogP contribution in [0.5, 0.6) is 0 Å². The van der Waals surface area contributed by atoms with Gasteiger partial charge in [0.05, 0.1) is 18.0 Å². The lowest BCUT2D eigenvalue weighted by atomic mass is 9.96. The van der Waals surface area contributed by atoms with Crippen molar-refractivity contribution in [1.82, 2.24) is 9.97 Å². The third kappa shape index (κ3) is 2.57. The highest BCUT2D eigenvalue weighted by atomic mass is 16.3. The standard InChI is InChI=1S/C18H19N3O2/c22-10-14(12-6-2-1-3-7-12)21-17-16-13-8-4-5-9-15(13)23-18(16)20-11-19-17/h1-3,6-7,11,14,22H,4-5,8-10H2,(H,19,20,21). The Hall–Kier alpha value is -2.40. The van der Waals surface area contributed by atoms with Crippen LogP contribution in [0.15, 0.2) is 41.1 Å². The zero-order valence-electron chi connectivity index (χ0n) is 12.8. The van der Waals surface area contributed by atoms with Crippen LogP contribution in [0.3, 0.4) is 0 Å². The van der Waals surface area contributed by atoms with Crippen molar-refractivity contribution < 1.29 is 9.52 Å². The predicted molar refractivity (Wildman–Crippen MR) is 88.3 cm³/mol. The van der Waals surface area contributed by atoms with Gasteiger partial charge in [0.1, 0.15) is 17.9 Å². The minimum atomic E-state index is -0.205. The van der Waals surface area contributed by atoms with E-state index >= 15 is 0 Å². The van der Waals surface area contributed by atoms with Gasteiger partial charge in [-0.2, -0.15) is 0 Å². The molecule has 2 N–H and O–H groups in total. The Kier molecular flexibility index (Phi) is 3.71. The van der Waals surface area contributed by atoms with Crippen LogP contribution in [0.4, 0.5) is 5.82 Å². The summed E-state index contributed by atoms with van der Waals surface area (Å²) >= 11 is 0. The fourth-order valence-corrected chi connectivity index (χ4v) is 3.28. The molecule has 3 aromatic rings. The van der Waals surface area contributed by atoms with E-state index < -0.39 is 0 Å². The summed E-state index contributed by atoms with van der Waals surface area (Å²) in [5.74, 6) is 1.78. The largest absolute Gasteiger partial charge is 0.442 e. The summed E-state index contributed by atoms with van der Waals surface area (Å²) in [6.07, 6.45) is 5.80. The van der Waals surface area contributed by atoms with Gasteiger partial charge in [-0.05, 0) is 24.8 Å². The van der Waals surface area contributed by atoms with Gasteiger partial charge in [-0.3, -0.25) is 0 Å². The first-order chi connectivity index (χ1) is 11.4. The molecule has 23 heavy (non-hydrogen) atoms. The van der Waals surface area contributed by atoms with Gasteiger partial charge >= 0.3 is 0 Å². The van der Waals surface area contributed by atoms with Crippen molar-refractivity contribution in [3.05, 3.63) is 53.5 Å². The summed E-state index contributed by atoms with van der Waals surface area (Å²) in [6.45, 7) is -0.00441. The number of nitrogens with one attached hydrogen (secondary N) is 1. The first-order valence-electron chi connectivity index (χ1n) is 8.04. The van der Waals surface area contributed by atoms with Gasteiger partial charge in [-0.1, -0.05) is 30.3 Å². The number of nitrogens with zero attached hydrogens (tertiary/aromatic N) is 2. The van der Waals surface area contributed by atoms with Crippen molar-refractivity contribution in [1.29, 1.82) is 0 Å². The van der Waals surface area contributed by atoms with Crippen LogP contribution >= 0.6 is 0 Å². The van der Waals surface area contributed by atoms with Crippen molar-refractivity contribution in [3.8, 4) is 0 Å². The van der Waals surface area contributed by atoms with Gasteiger partial charge in [0, 0.05) is 12.0 Å². The normalized spacial score (nSPS) is 15.3. The minimum absolute atomic E-state index is 0.00441. The maximum absolute atomic E-state index is 9.77. The van der Waals surface area contributed by atoms with Crippen molar-refractivity contribution >= 4 is 16.9 Å². The fraction of sp³-hybridized carbons (Fsp3) is 0.333. The van der Waals surface area contributed by atoms with E-state index in [0.29, 0.717) is 5.71 Å². The number of aliphatic hydroxyl groups excluding tert-OH is 1. The maximum Gasteiger partial charge on any atom is 0.231 e. The van der Waals surface area contributed by atoms with Gasteiger partial charge in [0.15, 0.2) is 0 Å². The Bertz CT molecular complexity index is 814. The number of furan rings is 1. The molecule has 0 aliphatic heterocycles. The second-order valence-electron chi connectivity index (χ2n) is 5.90. The molecule has 118 valence electrons. The smallest absolute Gasteiger partial charge is 0.231 e. The zero-order chi connectivity index (χ0) is 15.6. The highest BCUT2D eigenvalue weighted by Gasteiger charge is 2.22. The van der Waals surface area contributed by atoms with Crippen LogP contribution in [0.1, 0.15) is 35.8 Å². The van der Waals surface area contributed by atoms with Crippen molar-refractivity contribution in [2.24, 2.45) is 0 Å².